The number of nitrogens with zero attached hydrogens (tertiary/aromatic N) is 2. The van der Waals surface area contributed by atoms with Gasteiger partial charge in [-0.15, -0.1) is 0 Å². The van der Waals surface area contributed by atoms with Crippen molar-refractivity contribution < 1.29 is 4.79 Å². The number of nitrogens with one attached hydrogen (secondary N) is 1. The number of amides is 1. The number of carbonyl (C=O) groups excluding carboxylic acids is 1. The fraction of sp³-hybridized carbons (Fsp3) is 0.500. The van der Waals surface area contributed by atoms with Crippen molar-refractivity contribution in [1.82, 2.24) is 4.90 Å². The van der Waals surface area contributed by atoms with Crippen molar-refractivity contribution in [3.63, 3.8) is 0 Å². The lowest BCUT2D eigenvalue weighted by atomic mass is 10.00. The molecule has 0 aliphatic rings. The molecule has 0 radical (unpaired) electrons. The first-order chi connectivity index (χ1) is 9.39. The van der Waals surface area contributed by atoms with Crippen LogP contribution in [0.25, 0.3) is 0 Å². The Morgan fingerprint density at radius 3 is 2.75 bits per heavy atom. The predicted molar refractivity (Wildman–Crippen MR) is 81.4 cm³/mol. The van der Waals surface area contributed by atoms with E-state index in [0.717, 1.165) is 6.42 Å². The van der Waals surface area contributed by atoms with Crippen LogP contribution >= 0.6 is 0 Å². The molecule has 4 heteroatoms. The number of benzene rings is 1. The van der Waals surface area contributed by atoms with Crippen molar-refractivity contribution in [2.75, 3.05) is 18.9 Å². The Morgan fingerprint density at radius 2 is 2.15 bits per heavy atom. The number of hydrogen-bond acceptors (Lipinski definition) is 3. The van der Waals surface area contributed by atoms with Crippen LogP contribution in [-0.2, 0) is 4.79 Å². The normalized spacial score (nSPS) is 11.2. The highest BCUT2D eigenvalue weighted by atomic mass is 16.1. The summed E-state index contributed by atoms with van der Waals surface area (Å²) in [5.41, 5.74) is 1.32. The average Bonchev–Trinajstić information content (AvgIpc) is 2.44. The van der Waals surface area contributed by atoms with Crippen LogP contribution in [0, 0.1) is 11.3 Å². The maximum absolute atomic E-state index is 11.9. The molecule has 1 rings (SSSR count). The zero-order valence-corrected chi connectivity index (χ0v) is 12.7. The topological polar surface area (TPSA) is 56.1 Å². The zero-order chi connectivity index (χ0) is 15.2. The highest BCUT2D eigenvalue weighted by Crippen LogP contribution is 2.16. The summed E-state index contributed by atoms with van der Waals surface area (Å²) in [5, 5.41) is 11.6. The SMILES string of the molecule is CCC(C)(C)N(C)CCC(=O)Nc1cccc(C#N)c1. The molecule has 1 aromatic carbocycles. The summed E-state index contributed by atoms with van der Waals surface area (Å²) in [6.07, 6.45) is 1.48. The minimum Gasteiger partial charge on any atom is -0.326 e. The molecule has 0 saturated carbocycles. The fourth-order valence-corrected chi connectivity index (χ4v) is 1.73. The van der Waals surface area contributed by atoms with Gasteiger partial charge in [0.1, 0.15) is 0 Å². The number of carbonyl (C=O) groups is 1. The third-order valence-corrected chi connectivity index (χ3v) is 3.85. The van der Waals surface area contributed by atoms with E-state index in [0.29, 0.717) is 24.2 Å². The van der Waals surface area contributed by atoms with E-state index in [1.807, 2.05) is 7.05 Å². The van der Waals surface area contributed by atoms with Crippen molar-refractivity contribution in [3.8, 4) is 6.07 Å². The van der Waals surface area contributed by atoms with Crippen LogP contribution in [-0.4, -0.2) is 29.9 Å². The van der Waals surface area contributed by atoms with Gasteiger partial charge < -0.3 is 10.2 Å². The van der Waals surface area contributed by atoms with Crippen LogP contribution in [0.5, 0.6) is 0 Å². The summed E-state index contributed by atoms with van der Waals surface area (Å²) in [6.45, 7) is 7.19. The van der Waals surface area contributed by atoms with Gasteiger partial charge in [-0.05, 0) is 45.5 Å². The fourth-order valence-electron chi connectivity index (χ4n) is 1.73. The van der Waals surface area contributed by atoms with Crippen LogP contribution < -0.4 is 5.32 Å². The summed E-state index contributed by atoms with van der Waals surface area (Å²) in [5.74, 6) is -0.0288. The van der Waals surface area contributed by atoms with Gasteiger partial charge in [-0.1, -0.05) is 13.0 Å². The maximum Gasteiger partial charge on any atom is 0.225 e. The highest BCUT2D eigenvalue weighted by Gasteiger charge is 2.21. The lowest BCUT2D eigenvalue weighted by molar-refractivity contribution is -0.116. The summed E-state index contributed by atoms with van der Waals surface area (Å²) in [6, 6.07) is 9.01. The van der Waals surface area contributed by atoms with E-state index in [1.165, 1.54) is 0 Å². The minimum absolute atomic E-state index is 0.0288. The maximum atomic E-state index is 11.9. The molecule has 0 aromatic heterocycles. The molecular formula is C16H23N3O. The van der Waals surface area contributed by atoms with E-state index in [2.05, 4.69) is 37.1 Å². The van der Waals surface area contributed by atoms with Gasteiger partial charge in [0.2, 0.25) is 5.91 Å². The van der Waals surface area contributed by atoms with Crippen LogP contribution in [0.1, 0.15) is 39.2 Å². The van der Waals surface area contributed by atoms with E-state index in [4.69, 9.17) is 5.26 Å². The highest BCUT2D eigenvalue weighted by molar-refractivity contribution is 5.90. The van der Waals surface area contributed by atoms with Gasteiger partial charge in [-0.2, -0.15) is 5.26 Å². The van der Waals surface area contributed by atoms with E-state index in [1.54, 1.807) is 24.3 Å². The predicted octanol–water partition coefficient (Wildman–Crippen LogP) is 3.01. The van der Waals surface area contributed by atoms with Gasteiger partial charge in [-0.25, -0.2) is 0 Å². The Bertz CT molecular complexity index is 503. The van der Waals surface area contributed by atoms with Gasteiger partial charge in [0.15, 0.2) is 0 Å². The van der Waals surface area contributed by atoms with Gasteiger partial charge in [0, 0.05) is 24.2 Å². The lowest BCUT2D eigenvalue weighted by Gasteiger charge is -2.34. The van der Waals surface area contributed by atoms with Crippen molar-refractivity contribution >= 4 is 11.6 Å². The van der Waals surface area contributed by atoms with Crippen molar-refractivity contribution in [3.05, 3.63) is 29.8 Å². The van der Waals surface area contributed by atoms with E-state index < -0.39 is 0 Å². The van der Waals surface area contributed by atoms with Gasteiger partial charge >= 0.3 is 0 Å². The molecule has 0 aliphatic heterocycles. The Hall–Kier alpha value is -1.86. The minimum atomic E-state index is -0.0288. The molecule has 1 aromatic rings. The first-order valence-electron chi connectivity index (χ1n) is 6.90. The quantitative estimate of drug-likeness (QED) is 0.866. The summed E-state index contributed by atoms with van der Waals surface area (Å²) < 4.78 is 0. The van der Waals surface area contributed by atoms with Gasteiger partial charge in [-0.3, -0.25) is 4.79 Å². The van der Waals surface area contributed by atoms with E-state index >= 15 is 0 Å². The molecular weight excluding hydrogens is 250 g/mol. The first kappa shape index (κ1) is 16.2. The standard InChI is InChI=1S/C16H23N3O/c1-5-16(2,3)19(4)10-9-15(20)18-14-8-6-7-13(11-14)12-17/h6-8,11H,5,9-10H2,1-4H3,(H,18,20). The molecule has 0 spiro atoms. The Balaban J connectivity index is 2.50. The summed E-state index contributed by atoms with van der Waals surface area (Å²) in [4.78, 5) is 14.1. The zero-order valence-electron chi connectivity index (χ0n) is 12.7. The monoisotopic (exact) mass is 273 g/mol. The molecule has 108 valence electrons. The van der Waals surface area contributed by atoms with Crippen molar-refractivity contribution in [2.45, 2.75) is 39.2 Å². The van der Waals surface area contributed by atoms with Crippen LogP contribution in [0.3, 0.4) is 0 Å². The molecule has 0 unspecified atom stereocenters. The Labute approximate surface area is 121 Å². The molecule has 0 saturated heterocycles. The van der Waals surface area contributed by atoms with Gasteiger partial charge in [0.25, 0.3) is 0 Å². The number of nitriles is 1. The van der Waals surface area contributed by atoms with Crippen LogP contribution in [0.15, 0.2) is 24.3 Å². The Morgan fingerprint density at radius 1 is 1.45 bits per heavy atom. The smallest absolute Gasteiger partial charge is 0.225 e. The van der Waals surface area contributed by atoms with Crippen LogP contribution in [0.2, 0.25) is 0 Å². The number of hydrogen-bond donors (Lipinski definition) is 1. The van der Waals surface area contributed by atoms with Crippen molar-refractivity contribution in [2.24, 2.45) is 0 Å². The molecule has 1 amide bonds. The second-order valence-electron chi connectivity index (χ2n) is 5.58. The van der Waals surface area contributed by atoms with E-state index in [9.17, 15) is 4.79 Å². The number of anilines is 1. The molecule has 0 atom stereocenters. The first-order valence-corrected chi connectivity index (χ1v) is 6.90. The lowest BCUT2D eigenvalue weighted by Crippen LogP contribution is -2.41. The molecule has 0 bridgehead atoms. The van der Waals surface area contributed by atoms with Crippen LogP contribution in [0.4, 0.5) is 5.69 Å². The van der Waals surface area contributed by atoms with Gasteiger partial charge in [0.05, 0.1) is 11.6 Å². The van der Waals surface area contributed by atoms with E-state index in [-0.39, 0.29) is 11.4 Å². The molecule has 0 heterocycles. The summed E-state index contributed by atoms with van der Waals surface area (Å²) in [7, 11) is 2.03. The number of rotatable bonds is 6. The average molecular weight is 273 g/mol. The second kappa shape index (κ2) is 7.06. The molecule has 0 aliphatic carbocycles. The molecule has 1 N–H and O–H groups in total. The summed E-state index contributed by atoms with van der Waals surface area (Å²) >= 11 is 0. The van der Waals surface area contributed by atoms with Crippen molar-refractivity contribution in [1.29, 1.82) is 5.26 Å². The Kier molecular flexibility index (Phi) is 5.72. The molecule has 20 heavy (non-hydrogen) atoms. The third-order valence-electron chi connectivity index (χ3n) is 3.85. The third kappa shape index (κ3) is 4.67. The molecule has 0 fully saturated rings. The largest absolute Gasteiger partial charge is 0.326 e. The second-order valence-corrected chi connectivity index (χ2v) is 5.58. The molecule has 4 nitrogen and oxygen atoms in total.